The van der Waals surface area contributed by atoms with Crippen molar-refractivity contribution in [1.29, 1.82) is 0 Å². The van der Waals surface area contributed by atoms with Gasteiger partial charge in [0.05, 0.1) is 17.2 Å². The van der Waals surface area contributed by atoms with Gasteiger partial charge in [-0.05, 0) is 51.1 Å². The Kier molecular flexibility index (Phi) is 6.42. The Morgan fingerprint density at radius 2 is 1.84 bits per heavy atom. The van der Waals surface area contributed by atoms with Crippen LogP contribution in [0.1, 0.15) is 29.8 Å². The van der Waals surface area contributed by atoms with Gasteiger partial charge in [0.25, 0.3) is 5.91 Å². The fourth-order valence-corrected chi connectivity index (χ4v) is 2.28. The van der Waals surface area contributed by atoms with E-state index in [9.17, 15) is 9.59 Å². The molecule has 1 N–H and O–H groups in total. The second kappa shape index (κ2) is 8.53. The molecule has 2 aromatic rings. The maximum atomic E-state index is 12.3. The van der Waals surface area contributed by atoms with Crippen molar-refractivity contribution in [2.45, 2.75) is 26.9 Å². The van der Waals surface area contributed by atoms with Crippen LogP contribution in [0.3, 0.4) is 0 Å². The summed E-state index contributed by atoms with van der Waals surface area (Å²) in [6.07, 6.45) is -0.704. The average Bonchev–Trinajstić information content (AvgIpc) is 2.58. The number of nitrogens with one attached hydrogen (secondary N) is 1. The lowest BCUT2D eigenvalue weighted by molar-refractivity contribution is -0.122. The first kappa shape index (κ1) is 18.8. The minimum absolute atomic E-state index is 0.202. The monoisotopic (exact) mass is 361 g/mol. The van der Waals surface area contributed by atoms with Gasteiger partial charge in [0.15, 0.2) is 6.10 Å². The number of amides is 1. The van der Waals surface area contributed by atoms with Crippen LogP contribution in [0.5, 0.6) is 5.75 Å². The van der Waals surface area contributed by atoms with Gasteiger partial charge in [0.1, 0.15) is 5.75 Å². The van der Waals surface area contributed by atoms with Gasteiger partial charge < -0.3 is 14.8 Å². The van der Waals surface area contributed by atoms with Gasteiger partial charge in [-0.15, -0.1) is 0 Å². The Morgan fingerprint density at radius 1 is 1.16 bits per heavy atom. The number of halogens is 1. The Bertz CT molecular complexity index is 759. The highest BCUT2D eigenvalue weighted by atomic mass is 35.5. The number of hydrogen-bond acceptors (Lipinski definition) is 4. The third-order valence-corrected chi connectivity index (χ3v) is 3.76. The molecule has 2 aromatic carbocycles. The fourth-order valence-electron chi connectivity index (χ4n) is 2.09. The van der Waals surface area contributed by atoms with Crippen molar-refractivity contribution in [3.63, 3.8) is 0 Å². The van der Waals surface area contributed by atoms with Gasteiger partial charge in [-0.3, -0.25) is 4.79 Å². The van der Waals surface area contributed by atoms with Crippen molar-refractivity contribution in [1.82, 2.24) is 0 Å². The number of carbonyl (C=O) groups is 2. The van der Waals surface area contributed by atoms with Gasteiger partial charge in [-0.2, -0.15) is 0 Å². The van der Waals surface area contributed by atoms with Crippen molar-refractivity contribution in [3.8, 4) is 5.75 Å². The predicted molar refractivity (Wildman–Crippen MR) is 97.3 cm³/mol. The van der Waals surface area contributed by atoms with E-state index >= 15 is 0 Å². The van der Waals surface area contributed by atoms with E-state index in [1.807, 2.05) is 19.1 Å². The van der Waals surface area contributed by atoms with Gasteiger partial charge in [0.2, 0.25) is 0 Å². The third kappa shape index (κ3) is 5.22. The highest BCUT2D eigenvalue weighted by Crippen LogP contribution is 2.22. The average molecular weight is 362 g/mol. The van der Waals surface area contributed by atoms with E-state index in [4.69, 9.17) is 21.1 Å². The summed E-state index contributed by atoms with van der Waals surface area (Å²) in [6, 6.07) is 12.1. The fraction of sp³-hybridized carbons (Fsp3) is 0.263. The molecule has 0 saturated heterocycles. The van der Waals surface area contributed by atoms with Crippen molar-refractivity contribution in [2.75, 3.05) is 11.9 Å². The molecule has 0 heterocycles. The largest absolute Gasteiger partial charge is 0.481 e. The molecular weight excluding hydrogens is 342 g/mol. The smallest absolute Gasteiger partial charge is 0.339 e. The molecule has 0 radical (unpaired) electrons. The van der Waals surface area contributed by atoms with E-state index in [-0.39, 0.29) is 23.1 Å². The van der Waals surface area contributed by atoms with Crippen LogP contribution in [-0.2, 0) is 9.53 Å². The molecule has 1 atom stereocenters. The predicted octanol–water partition coefficient (Wildman–Crippen LogP) is 4.23. The molecule has 0 spiro atoms. The van der Waals surface area contributed by atoms with Crippen LogP contribution in [0.15, 0.2) is 42.5 Å². The summed E-state index contributed by atoms with van der Waals surface area (Å²) in [5.41, 5.74) is 1.75. The highest BCUT2D eigenvalue weighted by Gasteiger charge is 2.17. The molecule has 132 valence electrons. The summed E-state index contributed by atoms with van der Waals surface area (Å²) < 4.78 is 10.6. The second-order valence-corrected chi connectivity index (χ2v) is 5.88. The van der Waals surface area contributed by atoms with Crippen LogP contribution in [0, 0.1) is 6.92 Å². The van der Waals surface area contributed by atoms with E-state index in [0.717, 1.165) is 5.56 Å². The van der Waals surface area contributed by atoms with Crippen molar-refractivity contribution >= 4 is 29.2 Å². The first-order valence-electron chi connectivity index (χ1n) is 7.91. The third-order valence-electron chi connectivity index (χ3n) is 3.43. The summed E-state index contributed by atoms with van der Waals surface area (Å²) in [5.74, 6) is -0.262. The number of aryl methyl sites for hydroxylation is 1. The molecule has 25 heavy (non-hydrogen) atoms. The first-order valence-corrected chi connectivity index (χ1v) is 8.29. The zero-order valence-corrected chi connectivity index (χ0v) is 15.1. The molecule has 0 bridgehead atoms. The van der Waals surface area contributed by atoms with Gasteiger partial charge in [-0.1, -0.05) is 29.3 Å². The summed E-state index contributed by atoms with van der Waals surface area (Å²) in [6.45, 7) is 5.58. The molecule has 0 aliphatic rings. The van der Waals surface area contributed by atoms with Crippen LogP contribution < -0.4 is 10.1 Å². The van der Waals surface area contributed by atoms with Gasteiger partial charge in [-0.25, -0.2) is 4.79 Å². The number of ether oxygens (including phenoxy) is 2. The maximum Gasteiger partial charge on any atom is 0.339 e. The van der Waals surface area contributed by atoms with E-state index in [1.54, 1.807) is 32.0 Å². The maximum absolute atomic E-state index is 12.3. The molecule has 0 aliphatic heterocycles. The number of esters is 1. The normalized spacial score (nSPS) is 11.5. The van der Waals surface area contributed by atoms with Gasteiger partial charge >= 0.3 is 5.97 Å². The van der Waals surface area contributed by atoms with Crippen LogP contribution in [0.25, 0.3) is 0 Å². The Morgan fingerprint density at radius 3 is 2.48 bits per heavy atom. The molecule has 0 saturated carbocycles. The first-order chi connectivity index (χ1) is 11.9. The Hall–Kier alpha value is -2.53. The van der Waals surface area contributed by atoms with E-state index in [0.29, 0.717) is 11.4 Å². The van der Waals surface area contributed by atoms with E-state index in [2.05, 4.69) is 5.32 Å². The molecule has 0 aliphatic carbocycles. The summed E-state index contributed by atoms with van der Waals surface area (Å²) in [5, 5.41) is 2.97. The van der Waals surface area contributed by atoms with E-state index < -0.39 is 12.1 Å². The highest BCUT2D eigenvalue weighted by molar-refractivity contribution is 6.33. The number of anilines is 1. The minimum Gasteiger partial charge on any atom is -0.481 e. The second-order valence-electron chi connectivity index (χ2n) is 5.48. The zero-order valence-electron chi connectivity index (χ0n) is 14.3. The lowest BCUT2D eigenvalue weighted by Crippen LogP contribution is -2.30. The molecule has 0 fully saturated rings. The molecule has 0 aromatic heterocycles. The van der Waals surface area contributed by atoms with Crippen molar-refractivity contribution in [3.05, 3.63) is 58.6 Å². The number of benzene rings is 2. The SMILES string of the molecule is CCOC(=O)c1cc(NC(=O)[C@@H](C)Oc2ccc(C)cc2)ccc1Cl. The lowest BCUT2D eigenvalue weighted by atomic mass is 10.2. The summed E-state index contributed by atoms with van der Waals surface area (Å²) in [7, 11) is 0. The number of hydrogen-bond donors (Lipinski definition) is 1. The molecular formula is C19H20ClNO4. The Balaban J connectivity index is 2.05. The standard InChI is InChI=1S/C19H20ClNO4/c1-4-24-19(23)16-11-14(7-10-17(16)20)21-18(22)13(3)25-15-8-5-12(2)6-9-15/h5-11,13H,4H2,1-3H3,(H,21,22)/t13-/m1/s1. The zero-order chi connectivity index (χ0) is 18.4. The molecule has 0 unspecified atom stereocenters. The van der Waals surface area contributed by atoms with E-state index in [1.165, 1.54) is 12.1 Å². The molecule has 5 nitrogen and oxygen atoms in total. The minimum atomic E-state index is -0.704. The number of rotatable bonds is 6. The quantitative estimate of drug-likeness (QED) is 0.782. The van der Waals surface area contributed by atoms with Crippen molar-refractivity contribution in [2.24, 2.45) is 0 Å². The summed E-state index contributed by atoms with van der Waals surface area (Å²) >= 11 is 6.01. The van der Waals surface area contributed by atoms with Crippen molar-refractivity contribution < 1.29 is 19.1 Å². The van der Waals surface area contributed by atoms with Crippen LogP contribution in [0.4, 0.5) is 5.69 Å². The van der Waals surface area contributed by atoms with Gasteiger partial charge in [0, 0.05) is 5.69 Å². The topological polar surface area (TPSA) is 64.6 Å². The van der Waals surface area contributed by atoms with Crippen LogP contribution in [0.2, 0.25) is 5.02 Å². The van der Waals surface area contributed by atoms with Crippen LogP contribution in [-0.4, -0.2) is 24.6 Å². The summed E-state index contributed by atoms with van der Waals surface area (Å²) in [4.78, 5) is 24.2. The molecule has 2 rings (SSSR count). The molecule has 6 heteroatoms. The Labute approximate surface area is 151 Å². The van der Waals surface area contributed by atoms with Crippen LogP contribution >= 0.6 is 11.6 Å². The molecule has 1 amide bonds. The lowest BCUT2D eigenvalue weighted by Gasteiger charge is -2.15. The number of carbonyl (C=O) groups excluding carboxylic acids is 2.